The Morgan fingerprint density at radius 3 is 2.52 bits per heavy atom. The number of anilines is 1. The Kier molecular flexibility index (Phi) is 4.61. The van der Waals surface area contributed by atoms with Crippen LogP contribution in [0.4, 0.5) is 10.1 Å². The van der Waals surface area contributed by atoms with E-state index in [0.29, 0.717) is 5.02 Å². The molecule has 0 aromatic heterocycles. The van der Waals surface area contributed by atoms with E-state index in [2.05, 4.69) is 4.72 Å². The van der Waals surface area contributed by atoms with E-state index in [9.17, 15) is 12.8 Å². The summed E-state index contributed by atoms with van der Waals surface area (Å²) < 4.78 is 44.9. The third kappa shape index (κ3) is 3.58. The molecule has 1 N–H and O–H groups in total. The van der Waals surface area contributed by atoms with Gasteiger partial charge in [-0.15, -0.1) is 0 Å². The van der Waals surface area contributed by atoms with E-state index in [4.69, 9.17) is 27.9 Å². The second-order valence-electron chi connectivity index (χ2n) is 4.03. The molecule has 4 nitrogen and oxygen atoms in total. The summed E-state index contributed by atoms with van der Waals surface area (Å²) in [5, 5.41) is 0.519. The summed E-state index contributed by atoms with van der Waals surface area (Å²) in [6.07, 6.45) is 0. The maximum Gasteiger partial charge on any atom is 0.262 e. The summed E-state index contributed by atoms with van der Waals surface area (Å²) in [6, 6.07) is 7.58. The standard InChI is InChI=1S/C13H10Cl2FNO3S/c1-20-13-7-9(3-5-11(13)16)21(18,19)17-12-6-8(14)2-4-10(12)15/h2-7,17H,1H3. The maximum absolute atomic E-state index is 13.3. The van der Waals surface area contributed by atoms with Gasteiger partial charge in [-0.2, -0.15) is 0 Å². The van der Waals surface area contributed by atoms with Crippen LogP contribution in [0.25, 0.3) is 0 Å². The Bertz CT molecular complexity index is 781. The van der Waals surface area contributed by atoms with Crippen molar-refractivity contribution in [2.24, 2.45) is 0 Å². The minimum atomic E-state index is -3.94. The van der Waals surface area contributed by atoms with Crippen molar-refractivity contribution in [3.8, 4) is 5.75 Å². The minimum Gasteiger partial charge on any atom is -0.494 e. The molecule has 0 spiro atoms. The molecule has 0 radical (unpaired) electrons. The van der Waals surface area contributed by atoms with Crippen molar-refractivity contribution in [2.45, 2.75) is 4.90 Å². The van der Waals surface area contributed by atoms with Gasteiger partial charge >= 0.3 is 0 Å². The van der Waals surface area contributed by atoms with E-state index < -0.39 is 15.8 Å². The molecule has 8 heteroatoms. The number of rotatable bonds is 4. The van der Waals surface area contributed by atoms with Gasteiger partial charge < -0.3 is 4.74 Å². The van der Waals surface area contributed by atoms with Gasteiger partial charge in [0, 0.05) is 11.1 Å². The van der Waals surface area contributed by atoms with Crippen molar-refractivity contribution in [3.63, 3.8) is 0 Å². The lowest BCUT2D eigenvalue weighted by molar-refractivity contribution is 0.385. The fraction of sp³-hybridized carbons (Fsp3) is 0.0769. The van der Waals surface area contributed by atoms with Crippen molar-refractivity contribution in [1.29, 1.82) is 0 Å². The zero-order valence-electron chi connectivity index (χ0n) is 10.7. The van der Waals surface area contributed by atoms with Gasteiger partial charge in [-0.1, -0.05) is 23.2 Å². The molecule has 0 aliphatic rings. The molecule has 0 aliphatic heterocycles. The highest BCUT2D eigenvalue weighted by atomic mass is 35.5. The van der Waals surface area contributed by atoms with Crippen molar-refractivity contribution in [2.75, 3.05) is 11.8 Å². The average molecular weight is 350 g/mol. The Morgan fingerprint density at radius 2 is 1.86 bits per heavy atom. The lowest BCUT2D eigenvalue weighted by Gasteiger charge is -2.11. The van der Waals surface area contributed by atoms with Crippen LogP contribution in [0.3, 0.4) is 0 Å². The SMILES string of the molecule is COc1cc(S(=O)(=O)Nc2cc(Cl)ccc2Cl)ccc1F. The predicted octanol–water partition coefficient (Wildman–Crippen LogP) is 3.94. The van der Waals surface area contributed by atoms with E-state index in [1.165, 1.54) is 25.3 Å². The first-order chi connectivity index (χ1) is 9.83. The molecule has 0 aliphatic carbocycles. The van der Waals surface area contributed by atoms with Crippen LogP contribution >= 0.6 is 23.2 Å². The van der Waals surface area contributed by atoms with Gasteiger partial charge in [0.1, 0.15) is 0 Å². The lowest BCUT2D eigenvalue weighted by Crippen LogP contribution is -2.13. The first-order valence-corrected chi connectivity index (χ1v) is 7.89. The molecule has 112 valence electrons. The summed E-state index contributed by atoms with van der Waals surface area (Å²) in [7, 11) is -2.70. The molecule has 0 amide bonds. The van der Waals surface area contributed by atoms with Crippen molar-refractivity contribution in [1.82, 2.24) is 0 Å². The molecular weight excluding hydrogens is 340 g/mol. The Morgan fingerprint density at radius 1 is 1.14 bits per heavy atom. The van der Waals surface area contributed by atoms with Crippen LogP contribution in [-0.4, -0.2) is 15.5 Å². The highest BCUT2D eigenvalue weighted by molar-refractivity contribution is 7.92. The Hall–Kier alpha value is -1.50. The van der Waals surface area contributed by atoms with Crippen LogP contribution < -0.4 is 9.46 Å². The van der Waals surface area contributed by atoms with Gasteiger partial charge in [-0.05, 0) is 30.3 Å². The smallest absolute Gasteiger partial charge is 0.262 e. The number of benzene rings is 2. The summed E-state index contributed by atoms with van der Waals surface area (Å²) in [5.41, 5.74) is 0.132. The van der Waals surface area contributed by atoms with E-state index >= 15 is 0 Å². The van der Waals surface area contributed by atoms with E-state index in [-0.39, 0.29) is 21.4 Å². The van der Waals surface area contributed by atoms with Crippen LogP contribution in [0.5, 0.6) is 5.75 Å². The van der Waals surface area contributed by atoms with Crippen LogP contribution in [0.1, 0.15) is 0 Å². The van der Waals surface area contributed by atoms with Crippen LogP contribution in [0.2, 0.25) is 10.0 Å². The highest BCUT2D eigenvalue weighted by Crippen LogP contribution is 2.29. The van der Waals surface area contributed by atoms with Crippen molar-refractivity contribution < 1.29 is 17.5 Å². The third-order valence-electron chi connectivity index (χ3n) is 2.61. The molecular formula is C13H10Cl2FNO3S. The predicted molar refractivity (Wildman–Crippen MR) is 80.2 cm³/mol. The molecule has 0 bridgehead atoms. The maximum atomic E-state index is 13.3. The van der Waals surface area contributed by atoms with Gasteiger partial charge in [-0.3, -0.25) is 4.72 Å². The van der Waals surface area contributed by atoms with Gasteiger partial charge in [0.25, 0.3) is 10.0 Å². The number of hydrogen-bond donors (Lipinski definition) is 1. The lowest BCUT2D eigenvalue weighted by atomic mass is 10.3. The molecule has 21 heavy (non-hydrogen) atoms. The fourth-order valence-electron chi connectivity index (χ4n) is 1.59. The summed E-state index contributed by atoms with van der Waals surface area (Å²) in [6.45, 7) is 0. The Balaban J connectivity index is 2.41. The average Bonchev–Trinajstić information content (AvgIpc) is 2.43. The molecule has 0 unspecified atom stereocenters. The van der Waals surface area contributed by atoms with Crippen LogP contribution in [0.15, 0.2) is 41.3 Å². The fourth-order valence-corrected chi connectivity index (χ4v) is 3.07. The Labute approximate surface area is 131 Å². The van der Waals surface area contributed by atoms with E-state index in [1.807, 2.05) is 0 Å². The van der Waals surface area contributed by atoms with Gasteiger partial charge in [0.2, 0.25) is 0 Å². The molecule has 0 saturated carbocycles. The number of methoxy groups -OCH3 is 1. The second-order valence-corrected chi connectivity index (χ2v) is 6.55. The zero-order chi connectivity index (χ0) is 15.6. The van der Waals surface area contributed by atoms with E-state index in [1.54, 1.807) is 0 Å². The minimum absolute atomic E-state index is 0.132. The van der Waals surface area contributed by atoms with Crippen LogP contribution in [0, 0.1) is 5.82 Å². The van der Waals surface area contributed by atoms with Gasteiger partial charge in [0.15, 0.2) is 11.6 Å². The van der Waals surface area contributed by atoms with Crippen molar-refractivity contribution in [3.05, 3.63) is 52.3 Å². The van der Waals surface area contributed by atoms with Gasteiger partial charge in [0.05, 0.1) is 22.7 Å². The number of halogens is 3. The van der Waals surface area contributed by atoms with Crippen LogP contribution in [-0.2, 0) is 10.0 Å². The molecule has 0 atom stereocenters. The summed E-state index contributed by atoms with van der Waals surface area (Å²) >= 11 is 11.7. The quantitative estimate of drug-likeness (QED) is 0.909. The molecule has 0 heterocycles. The monoisotopic (exact) mass is 349 g/mol. The number of nitrogens with one attached hydrogen (secondary N) is 1. The molecule has 2 rings (SSSR count). The second kappa shape index (κ2) is 6.09. The van der Waals surface area contributed by atoms with Gasteiger partial charge in [-0.25, -0.2) is 12.8 Å². The largest absolute Gasteiger partial charge is 0.494 e. The topological polar surface area (TPSA) is 55.4 Å². The zero-order valence-corrected chi connectivity index (χ0v) is 13.1. The van der Waals surface area contributed by atoms with Crippen molar-refractivity contribution >= 4 is 38.9 Å². The summed E-state index contributed by atoms with van der Waals surface area (Å²) in [5.74, 6) is -0.827. The molecule has 0 saturated heterocycles. The summed E-state index contributed by atoms with van der Waals surface area (Å²) in [4.78, 5) is -0.156. The molecule has 2 aromatic rings. The highest BCUT2D eigenvalue weighted by Gasteiger charge is 2.18. The first kappa shape index (κ1) is 15.9. The van der Waals surface area contributed by atoms with E-state index in [0.717, 1.165) is 18.2 Å². The number of hydrogen-bond acceptors (Lipinski definition) is 3. The normalized spacial score (nSPS) is 11.2. The number of sulfonamides is 1. The number of ether oxygens (including phenoxy) is 1. The first-order valence-electron chi connectivity index (χ1n) is 5.65. The molecule has 0 fully saturated rings. The third-order valence-corrected chi connectivity index (χ3v) is 4.53. The molecule has 2 aromatic carbocycles.